The predicted molar refractivity (Wildman–Crippen MR) is 169 cm³/mol. The van der Waals surface area contributed by atoms with Gasteiger partial charge in [0.15, 0.2) is 0 Å². The van der Waals surface area contributed by atoms with Gasteiger partial charge < -0.3 is 10.2 Å². The Bertz CT molecular complexity index is 1510. The minimum absolute atomic E-state index is 0.0267. The molecule has 11 heteroatoms. The number of rotatable bonds is 11. The number of anilines is 1. The lowest BCUT2D eigenvalue weighted by molar-refractivity contribution is -0.140. The van der Waals surface area contributed by atoms with Crippen molar-refractivity contribution in [3.8, 4) is 0 Å². The standard InChI is InChI=1S/C31H34Cl3N3O4S/c1-3-28(31(39)35-23-10-7-8-11-23)36(19-25-26(33)14-9-15-27(25)34)30(38)20-37(29-17-16-22(32)18-21(29)2)42(40,41)24-12-5-4-6-13-24/h4-6,9,12-18,23,28H,3,7-8,10-11,19-20H2,1-2H3,(H,35,39). The predicted octanol–water partition coefficient (Wildman–Crippen LogP) is 7.02. The van der Waals surface area contributed by atoms with Gasteiger partial charge in [0.25, 0.3) is 10.0 Å². The molecule has 0 aromatic heterocycles. The molecule has 1 atom stereocenters. The maximum absolute atomic E-state index is 14.3. The van der Waals surface area contributed by atoms with Crippen LogP contribution in [0.25, 0.3) is 0 Å². The molecule has 3 aromatic rings. The largest absolute Gasteiger partial charge is 0.352 e. The van der Waals surface area contributed by atoms with Crippen LogP contribution in [0.5, 0.6) is 0 Å². The fourth-order valence-electron chi connectivity index (χ4n) is 5.27. The van der Waals surface area contributed by atoms with E-state index in [4.69, 9.17) is 34.8 Å². The first-order valence-electron chi connectivity index (χ1n) is 13.9. The van der Waals surface area contributed by atoms with Crippen molar-refractivity contribution in [2.45, 2.75) is 69.5 Å². The number of sulfonamides is 1. The Labute approximate surface area is 262 Å². The Morgan fingerprint density at radius 3 is 2.19 bits per heavy atom. The average molecular weight is 651 g/mol. The van der Waals surface area contributed by atoms with Crippen LogP contribution in [0, 0.1) is 6.92 Å². The second-order valence-corrected chi connectivity index (χ2v) is 13.5. The summed E-state index contributed by atoms with van der Waals surface area (Å²) in [7, 11) is -4.19. The van der Waals surface area contributed by atoms with Gasteiger partial charge in [0, 0.05) is 33.2 Å². The van der Waals surface area contributed by atoms with Crippen LogP contribution in [0.15, 0.2) is 71.6 Å². The van der Waals surface area contributed by atoms with Crippen LogP contribution in [0.1, 0.15) is 50.2 Å². The second-order valence-electron chi connectivity index (χ2n) is 10.4. The van der Waals surface area contributed by atoms with Gasteiger partial charge in [0.2, 0.25) is 11.8 Å². The first-order valence-corrected chi connectivity index (χ1v) is 16.5. The molecule has 3 aromatic carbocycles. The molecule has 1 saturated carbocycles. The zero-order chi connectivity index (χ0) is 30.4. The van der Waals surface area contributed by atoms with Crippen LogP contribution < -0.4 is 9.62 Å². The van der Waals surface area contributed by atoms with Crippen LogP contribution in [-0.2, 0) is 26.2 Å². The summed E-state index contributed by atoms with van der Waals surface area (Å²) in [6.07, 6.45) is 4.13. The van der Waals surface area contributed by atoms with Crippen LogP contribution in [0.4, 0.5) is 5.69 Å². The van der Waals surface area contributed by atoms with E-state index in [9.17, 15) is 18.0 Å². The molecule has 2 amide bonds. The summed E-state index contributed by atoms with van der Waals surface area (Å²) in [5.74, 6) is -0.866. The summed E-state index contributed by atoms with van der Waals surface area (Å²) in [5.41, 5.74) is 1.35. The van der Waals surface area contributed by atoms with Crippen LogP contribution in [0.2, 0.25) is 15.1 Å². The Morgan fingerprint density at radius 1 is 0.952 bits per heavy atom. The fourth-order valence-corrected chi connectivity index (χ4v) is 7.52. The highest BCUT2D eigenvalue weighted by Gasteiger charge is 2.35. The van der Waals surface area contributed by atoms with Gasteiger partial charge in [-0.1, -0.05) is 78.8 Å². The number of nitrogens with one attached hydrogen (secondary N) is 1. The minimum Gasteiger partial charge on any atom is -0.352 e. The molecule has 1 unspecified atom stereocenters. The highest BCUT2D eigenvalue weighted by molar-refractivity contribution is 7.92. The average Bonchev–Trinajstić information content (AvgIpc) is 3.47. The molecule has 0 saturated heterocycles. The van der Waals surface area contributed by atoms with Crippen molar-refractivity contribution in [1.82, 2.24) is 10.2 Å². The smallest absolute Gasteiger partial charge is 0.264 e. The Balaban J connectivity index is 1.76. The van der Waals surface area contributed by atoms with Crippen LogP contribution >= 0.6 is 34.8 Å². The number of aryl methyl sites for hydroxylation is 1. The highest BCUT2D eigenvalue weighted by atomic mass is 35.5. The zero-order valence-electron chi connectivity index (χ0n) is 23.5. The van der Waals surface area contributed by atoms with Crippen LogP contribution in [-0.4, -0.2) is 43.8 Å². The number of amides is 2. The van der Waals surface area contributed by atoms with Gasteiger partial charge in [-0.25, -0.2) is 8.42 Å². The number of carbonyl (C=O) groups excluding carboxylic acids is 2. The summed E-state index contributed by atoms with van der Waals surface area (Å²) in [4.78, 5) is 29.3. The molecule has 1 aliphatic carbocycles. The Kier molecular flexibility index (Phi) is 10.8. The van der Waals surface area contributed by atoms with E-state index >= 15 is 0 Å². The lowest BCUT2D eigenvalue weighted by Crippen LogP contribution is -2.53. The summed E-state index contributed by atoms with van der Waals surface area (Å²) < 4.78 is 29.1. The van der Waals surface area contributed by atoms with E-state index in [2.05, 4.69) is 5.32 Å². The van der Waals surface area contributed by atoms with E-state index in [-0.39, 0.29) is 23.4 Å². The molecular weight excluding hydrogens is 617 g/mol. The van der Waals surface area contributed by atoms with Crippen molar-refractivity contribution in [3.05, 3.63) is 92.9 Å². The van der Waals surface area contributed by atoms with E-state index in [1.165, 1.54) is 17.0 Å². The summed E-state index contributed by atoms with van der Waals surface area (Å²) in [6.45, 7) is 2.90. The molecule has 1 fully saturated rings. The summed E-state index contributed by atoms with van der Waals surface area (Å²) in [5, 5.41) is 4.21. The maximum Gasteiger partial charge on any atom is 0.264 e. The van der Waals surface area contributed by atoms with Gasteiger partial charge >= 0.3 is 0 Å². The van der Waals surface area contributed by atoms with Crippen LogP contribution in [0.3, 0.4) is 0 Å². The van der Waals surface area contributed by atoms with Gasteiger partial charge in [0.05, 0.1) is 10.6 Å². The fraction of sp³-hybridized carbons (Fsp3) is 0.355. The van der Waals surface area contributed by atoms with Crippen molar-refractivity contribution in [1.29, 1.82) is 0 Å². The first kappa shape index (κ1) is 32.1. The van der Waals surface area contributed by atoms with Gasteiger partial charge in [-0.05, 0) is 74.2 Å². The van der Waals surface area contributed by atoms with Gasteiger partial charge in [-0.2, -0.15) is 0 Å². The van der Waals surface area contributed by atoms with E-state index in [1.807, 2.05) is 6.92 Å². The molecule has 0 aliphatic heterocycles. The minimum atomic E-state index is -4.19. The summed E-state index contributed by atoms with van der Waals surface area (Å²) >= 11 is 19.2. The lowest BCUT2D eigenvalue weighted by Gasteiger charge is -2.34. The van der Waals surface area contributed by atoms with Gasteiger partial charge in [-0.3, -0.25) is 13.9 Å². The molecule has 224 valence electrons. The SMILES string of the molecule is CCC(C(=O)NC1CCCC1)N(Cc1c(Cl)cccc1Cl)C(=O)CN(c1ccc(Cl)cc1C)S(=O)(=O)c1ccccc1. The third kappa shape index (κ3) is 7.40. The molecule has 0 spiro atoms. The molecule has 0 radical (unpaired) electrons. The number of hydrogen-bond acceptors (Lipinski definition) is 4. The van der Waals surface area contributed by atoms with Crippen molar-refractivity contribution in [3.63, 3.8) is 0 Å². The molecule has 0 heterocycles. The Hall–Kier alpha value is -2.78. The third-order valence-electron chi connectivity index (χ3n) is 7.52. The normalized spacial score (nSPS) is 14.4. The molecule has 7 nitrogen and oxygen atoms in total. The van der Waals surface area contributed by atoms with E-state index in [0.717, 1.165) is 30.0 Å². The van der Waals surface area contributed by atoms with Crippen molar-refractivity contribution in [2.75, 3.05) is 10.8 Å². The van der Waals surface area contributed by atoms with Crippen molar-refractivity contribution >= 4 is 62.3 Å². The van der Waals surface area contributed by atoms with E-state index in [1.54, 1.807) is 61.5 Å². The molecule has 4 rings (SSSR count). The number of benzene rings is 3. The zero-order valence-corrected chi connectivity index (χ0v) is 26.6. The topological polar surface area (TPSA) is 86.8 Å². The quantitative estimate of drug-likeness (QED) is 0.242. The molecule has 42 heavy (non-hydrogen) atoms. The van der Waals surface area contributed by atoms with Crippen molar-refractivity contribution < 1.29 is 18.0 Å². The van der Waals surface area contributed by atoms with Crippen molar-refractivity contribution in [2.24, 2.45) is 0 Å². The van der Waals surface area contributed by atoms with E-state index in [0.29, 0.717) is 38.3 Å². The molecule has 1 aliphatic rings. The highest BCUT2D eigenvalue weighted by Crippen LogP contribution is 2.31. The second kappa shape index (κ2) is 14.1. The van der Waals surface area contributed by atoms with E-state index < -0.39 is 28.5 Å². The summed E-state index contributed by atoms with van der Waals surface area (Å²) in [6, 6.07) is 16.9. The Morgan fingerprint density at radius 2 is 1.60 bits per heavy atom. The number of hydrogen-bond donors (Lipinski definition) is 1. The molecule has 0 bridgehead atoms. The number of nitrogens with zero attached hydrogens (tertiary/aromatic N) is 2. The maximum atomic E-state index is 14.3. The van der Waals surface area contributed by atoms with Gasteiger partial charge in [-0.15, -0.1) is 0 Å². The van der Waals surface area contributed by atoms with Gasteiger partial charge in [0.1, 0.15) is 12.6 Å². The monoisotopic (exact) mass is 649 g/mol. The first-order chi connectivity index (χ1) is 20.0. The third-order valence-corrected chi connectivity index (χ3v) is 10.2. The molecule has 1 N–H and O–H groups in total. The number of carbonyl (C=O) groups is 2. The molecular formula is C31H34Cl3N3O4S. The number of halogens is 3. The lowest BCUT2D eigenvalue weighted by atomic mass is 10.1.